The molecule has 0 saturated heterocycles. The van der Waals surface area contributed by atoms with Crippen molar-refractivity contribution < 1.29 is 14.5 Å². The third-order valence-corrected chi connectivity index (χ3v) is 3.85. The van der Waals surface area contributed by atoms with Gasteiger partial charge in [0.05, 0.1) is 16.6 Å². The molecule has 2 rings (SSSR count). The summed E-state index contributed by atoms with van der Waals surface area (Å²) < 4.78 is 5.49. The predicted octanol–water partition coefficient (Wildman–Crippen LogP) is 5.01. The Morgan fingerprint density at radius 1 is 1.24 bits per heavy atom. The van der Waals surface area contributed by atoms with Crippen molar-refractivity contribution in [3.05, 3.63) is 62.1 Å². The van der Waals surface area contributed by atoms with Crippen molar-refractivity contribution in [3.63, 3.8) is 0 Å². The monoisotopic (exact) mass is 382 g/mol. The van der Waals surface area contributed by atoms with Crippen LogP contribution in [-0.2, 0) is 4.79 Å². The third-order valence-electron chi connectivity index (χ3n) is 3.32. The van der Waals surface area contributed by atoms with E-state index in [1.165, 1.54) is 12.1 Å². The summed E-state index contributed by atoms with van der Waals surface area (Å²) in [7, 11) is 0. The number of nitrogens with zero attached hydrogens (tertiary/aromatic N) is 1. The number of carbonyl (C=O) groups is 1. The largest absolute Gasteiger partial charge is 0.492 e. The summed E-state index contributed by atoms with van der Waals surface area (Å²) in [4.78, 5) is 22.5. The Morgan fingerprint density at radius 2 is 2.00 bits per heavy atom. The highest BCUT2D eigenvalue weighted by atomic mass is 35.5. The second-order valence-corrected chi connectivity index (χ2v) is 6.20. The van der Waals surface area contributed by atoms with Crippen molar-refractivity contribution in [2.75, 3.05) is 11.9 Å². The van der Waals surface area contributed by atoms with Gasteiger partial charge in [-0.05, 0) is 43.2 Å². The van der Waals surface area contributed by atoms with Crippen LogP contribution in [0, 0.1) is 17.0 Å². The van der Waals surface area contributed by atoms with Gasteiger partial charge in [0.25, 0.3) is 5.69 Å². The van der Waals surface area contributed by atoms with Crippen LogP contribution < -0.4 is 10.1 Å². The lowest BCUT2D eigenvalue weighted by atomic mass is 10.2. The Labute approximate surface area is 154 Å². The molecule has 0 spiro atoms. The lowest BCUT2D eigenvalue weighted by molar-refractivity contribution is -0.384. The number of carbonyl (C=O) groups excluding carboxylic acids is 1. The molecule has 0 saturated carbocycles. The summed E-state index contributed by atoms with van der Waals surface area (Å²) in [6.07, 6.45) is 0.598. The van der Waals surface area contributed by atoms with Gasteiger partial charge in [0.1, 0.15) is 11.4 Å². The Balaban J connectivity index is 1.84. The molecule has 1 N–H and O–H groups in total. The van der Waals surface area contributed by atoms with E-state index in [2.05, 4.69) is 5.32 Å². The fraction of sp³-hybridized carbons (Fsp3) is 0.235. The average molecular weight is 383 g/mol. The van der Waals surface area contributed by atoms with Crippen LogP contribution >= 0.6 is 23.2 Å². The number of hydrogen-bond donors (Lipinski definition) is 1. The number of nitro groups is 1. The number of nitrogens with one attached hydrogen (secondary N) is 1. The number of rotatable bonds is 7. The number of hydrogen-bond acceptors (Lipinski definition) is 4. The third kappa shape index (κ3) is 5.62. The zero-order valence-electron chi connectivity index (χ0n) is 13.4. The van der Waals surface area contributed by atoms with Crippen molar-refractivity contribution in [3.8, 4) is 5.75 Å². The van der Waals surface area contributed by atoms with Crippen LogP contribution in [0.4, 0.5) is 11.4 Å². The van der Waals surface area contributed by atoms with Gasteiger partial charge >= 0.3 is 0 Å². The van der Waals surface area contributed by atoms with E-state index in [0.29, 0.717) is 22.2 Å². The SMILES string of the molecule is Cc1ccc(NC(=O)CCCOc2ccc(Cl)cc2Cl)c([N+](=O)[O-])c1. The lowest BCUT2D eigenvalue weighted by Gasteiger charge is -2.09. The molecule has 0 aliphatic rings. The second-order valence-electron chi connectivity index (χ2n) is 5.35. The molecule has 2 aromatic carbocycles. The number of halogens is 2. The minimum atomic E-state index is -0.520. The van der Waals surface area contributed by atoms with Crippen molar-refractivity contribution in [1.29, 1.82) is 0 Å². The van der Waals surface area contributed by atoms with Crippen LogP contribution in [0.25, 0.3) is 0 Å². The number of benzene rings is 2. The topological polar surface area (TPSA) is 81.5 Å². The van der Waals surface area contributed by atoms with E-state index < -0.39 is 4.92 Å². The second kappa shape index (κ2) is 8.69. The van der Waals surface area contributed by atoms with E-state index in [9.17, 15) is 14.9 Å². The molecule has 2 aromatic rings. The van der Waals surface area contributed by atoms with Gasteiger partial charge in [0, 0.05) is 17.5 Å². The fourth-order valence-corrected chi connectivity index (χ4v) is 2.58. The summed E-state index contributed by atoms with van der Waals surface area (Å²) in [6.45, 7) is 2.03. The van der Waals surface area contributed by atoms with Gasteiger partial charge in [0.2, 0.25) is 5.91 Å². The van der Waals surface area contributed by atoms with E-state index in [1.54, 1.807) is 31.2 Å². The minimum Gasteiger partial charge on any atom is -0.492 e. The first-order valence-corrected chi connectivity index (χ1v) is 8.25. The molecule has 6 nitrogen and oxygen atoms in total. The van der Waals surface area contributed by atoms with Crippen molar-refractivity contribution in [2.45, 2.75) is 19.8 Å². The van der Waals surface area contributed by atoms with Crippen molar-refractivity contribution >= 4 is 40.5 Å². The molecule has 0 aromatic heterocycles. The zero-order valence-corrected chi connectivity index (χ0v) is 14.9. The molecular weight excluding hydrogens is 367 g/mol. The van der Waals surface area contributed by atoms with E-state index in [1.807, 2.05) is 0 Å². The molecule has 1 amide bonds. The van der Waals surface area contributed by atoms with Gasteiger partial charge in [-0.15, -0.1) is 0 Å². The molecule has 0 aliphatic heterocycles. The Kier molecular flexibility index (Phi) is 6.61. The molecule has 8 heteroatoms. The van der Waals surface area contributed by atoms with Crippen LogP contribution in [0.1, 0.15) is 18.4 Å². The van der Waals surface area contributed by atoms with Crippen LogP contribution in [-0.4, -0.2) is 17.4 Å². The summed E-state index contributed by atoms with van der Waals surface area (Å²) in [5.74, 6) is 0.165. The summed E-state index contributed by atoms with van der Waals surface area (Å²) >= 11 is 11.8. The predicted molar refractivity (Wildman–Crippen MR) is 97.7 cm³/mol. The van der Waals surface area contributed by atoms with Gasteiger partial charge in [-0.25, -0.2) is 0 Å². The first kappa shape index (κ1) is 19.0. The smallest absolute Gasteiger partial charge is 0.293 e. The Bertz CT molecular complexity index is 796. The highest BCUT2D eigenvalue weighted by molar-refractivity contribution is 6.35. The van der Waals surface area contributed by atoms with E-state index in [4.69, 9.17) is 27.9 Å². The maximum atomic E-state index is 12.0. The fourth-order valence-electron chi connectivity index (χ4n) is 2.12. The van der Waals surface area contributed by atoms with Gasteiger partial charge < -0.3 is 10.1 Å². The molecule has 0 aliphatic carbocycles. The maximum Gasteiger partial charge on any atom is 0.293 e. The molecule has 0 atom stereocenters. The van der Waals surface area contributed by atoms with E-state index in [0.717, 1.165) is 5.56 Å². The molecule has 132 valence electrons. The quantitative estimate of drug-likeness (QED) is 0.414. The highest BCUT2D eigenvalue weighted by Gasteiger charge is 2.15. The van der Waals surface area contributed by atoms with Crippen LogP contribution in [0.3, 0.4) is 0 Å². The maximum absolute atomic E-state index is 12.0. The minimum absolute atomic E-state index is 0.127. The molecular formula is C17H16Cl2N2O4. The molecule has 25 heavy (non-hydrogen) atoms. The van der Waals surface area contributed by atoms with Crippen LogP contribution in [0.5, 0.6) is 5.75 Å². The van der Waals surface area contributed by atoms with E-state index in [-0.39, 0.29) is 30.3 Å². The van der Waals surface area contributed by atoms with Crippen molar-refractivity contribution in [1.82, 2.24) is 0 Å². The van der Waals surface area contributed by atoms with E-state index >= 15 is 0 Å². The van der Waals surface area contributed by atoms with Gasteiger partial charge in [-0.2, -0.15) is 0 Å². The first-order valence-electron chi connectivity index (χ1n) is 7.49. The van der Waals surface area contributed by atoms with Gasteiger partial charge in [0.15, 0.2) is 0 Å². The Morgan fingerprint density at radius 3 is 2.68 bits per heavy atom. The standard InChI is InChI=1S/C17H16Cl2N2O4/c1-11-4-6-14(15(9-11)21(23)24)20-17(22)3-2-8-25-16-7-5-12(18)10-13(16)19/h4-7,9-10H,2-3,8H2,1H3,(H,20,22). The molecule has 0 radical (unpaired) electrons. The molecule has 0 bridgehead atoms. The average Bonchev–Trinajstić information content (AvgIpc) is 2.54. The zero-order chi connectivity index (χ0) is 18.4. The van der Waals surface area contributed by atoms with Crippen LogP contribution in [0.2, 0.25) is 10.0 Å². The summed E-state index contributed by atoms with van der Waals surface area (Å²) in [5.41, 5.74) is 0.803. The summed E-state index contributed by atoms with van der Waals surface area (Å²) in [6, 6.07) is 9.53. The van der Waals surface area contributed by atoms with Crippen LogP contribution in [0.15, 0.2) is 36.4 Å². The summed E-state index contributed by atoms with van der Waals surface area (Å²) in [5, 5.41) is 14.5. The number of anilines is 1. The number of nitro benzene ring substituents is 1. The Hall–Kier alpha value is -2.31. The molecule has 0 unspecified atom stereocenters. The molecule has 0 heterocycles. The van der Waals surface area contributed by atoms with Gasteiger partial charge in [-0.3, -0.25) is 14.9 Å². The number of amides is 1. The number of aryl methyl sites for hydroxylation is 1. The lowest BCUT2D eigenvalue weighted by Crippen LogP contribution is -2.14. The first-order chi connectivity index (χ1) is 11.9. The number of ether oxygens (including phenoxy) is 1. The normalized spacial score (nSPS) is 10.4. The van der Waals surface area contributed by atoms with Crippen molar-refractivity contribution in [2.24, 2.45) is 0 Å². The highest BCUT2D eigenvalue weighted by Crippen LogP contribution is 2.28. The molecule has 0 fully saturated rings. The van der Waals surface area contributed by atoms with Gasteiger partial charge in [-0.1, -0.05) is 29.3 Å².